The molecule has 1 aromatic rings. The zero-order valence-electron chi connectivity index (χ0n) is 10.6. The molecule has 0 aliphatic carbocycles. The summed E-state index contributed by atoms with van der Waals surface area (Å²) < 4.78 is 51.5. The summed E-state index contributed by atoms with van der Waals surface area (Å²) in [4.78, 5) is 0.0639. The molecule has 19 heavy (non-hydrogen) atoms. The standard InChI is InChI=1S/C12H16O5S2/c1-2-10-3-5-12(6-4-10)19(15,16)17-11-7-8-18(13,14)9-11/h3-6,11H,2,7-9H2,1H3/t11-/m1/s1. The zero-order valence-corrected chi connectivity index (χ0v) is 12.2. The fourth-order valence-electron chi connectivity index (χ4n) is 1.96. The van der Waals surface area contributed by atoms with Gasteiger partial charge in [0.2, 0.25) is 0 Å². The van der Waals surface area contributed by atoms with Crippen LogP contribution in [0.3, 0.4) is 0 Å². The topological polar surface area (TPSA) is 77.5 Å². The van der Waals surface area contributed by atoms with Crippen LogP contribution in [0.4, 0.5) is 0 Å². The highest BCUT2D eigenvalue weighted by Crippen LogP contribution is 2.21. The van der Waals surface area contributed by atoms with Crippen LogP contribution < -0.4 is 0 Å². The highest BCUT2D eigenvalue weighted by atomic mass is 32.2. The molecule has 1 heterocycles. The molecule has 2 rings (SSSR count). The van der Waals surface area contributed by atoms with Crippen LogP contribution in [0.5, 0.6) is 0 Å². The third kappa shape index (κ3) is 3.55. The van der Waals surface area contributed by atoms with Crippen LogP contribution in [0.25, 0.3) is 0 Å². The largest absolute Gasteiger partial charge is 0.297 e. The number of hydrogen-bond donors (Lipinski definition) is 0. The van der Waals surface area contributed by atoms with Gasteiger partial charge in [0, 0.05) is 0 Å². The van der Waals surface area contributed by atoms with Gasteiger partial charge in [0.15, 0.2) is 9.84 Å². The van der Waals surface area contributed by atoms with E-state index in [-0.39, 0.29) is 22.8 Å². The minimum atomic E-state index is -3.88. The average molecular weight is 304 g/mol. The van der Waals surface area contributed by atoms with E-state index < -0.39 is 26.1 Å². The van der Waals surface area contributed by atoms with Crippen molar-refractivity contribution in [3.8, 4) is 0 Å². The lowest BCUT2D eigenvalue weighted by Gasteiger charge is -2.10. The van der Waals surface area contributed by atoms with E-state index in [0.29, 0.717) is 0 Å². The van der Waals surface area contributed by atoms with Crippen LogP contribution in [0.15, 0.2) is 29.2 Å². The van der Waals surface area contributed by atoms with Gasteiger partial charge in [0.1, 0.15) is 0 Å². The van der Waals surface area contributed by atoms with Crippen LogP contribution >= 0.6 is 0 Å². The van der Waals surface area contributed by atoms with Crippen molar-refractivity contribution in [2.45, 2.75) is 30.8 Å². The number of rotatable bonds is 4. The van der Waals surface area contributed by atoms with Crippen molar-refractivity contribution in [3.63, 3.8) is 0 Å². The first-order valence-electron chi connectivity index (χ1n) is 6.05. The van der Waals surface area contributed by atoms with Gasteiger partial charge in [-0.25, -0.2) is 8.42 Å². The summed E-state index contributed by atoms with van der Waals surface area (Å²) in [7, 11) is -7.03. The maximum atomic E-state index is 12.0. The number of aryl methyl sites for hydroxylation is 1. The molecule has 0 spiro atoms. The summed E-state index contributed by atoms with van der Waals surface area (Å²) in [6, 6.07) is 6.42. The molecule has 0 bridgehead atoms. The van der Waals surface area contributed by atoms with Crippen LogP contribution in [0.2, 0.25) is 0 Å². The molecule has 1 aliphatic heterocycles. The third-order valence-electron chi connectivity index (χ3n) is 3.07. The summed E-state index contributed by atoms with van der Waals surface area (Å²) in [5.41, 5.74) is 1.03. The summed E-state index contributed by atoms with van der Waals surface area (Å²) >= 11 is 0. The molecule has 1 fully saturated rings. The molecule has 0 saturated carbocycles. The van der Waals surface area contributed by atoms with Crippen LogP contribution in [0.1, 0.15) is 18.9 Å². The molecule has 0 amide bonds. The van der Waals surface area contributed by atoms with E-state index in [0.717, 1.165) is 12.0 Å². The van der Waals surface area contributed by atoms with Gasteiger partial charge < -0.3 is 0 Å². The fraction of sp³-hybridized carbons (Fsp3) is 0.500. The molecule has 1 aromatic carbocycles. The maximum absolute atomic E-state index is 12.0. The van der Waals surface area contributed by atoms with Gasteiger partial charge in [-0.15, -0.1) is 0 Å². The van der Waals surface area contributed by atoms with E-state index in [4.69, 9.17) is 4.18 Å². The van der Waals surface area contributed by atoms with Gasteiger partial charge in [-0.3, -0.25) is 4.18 Å². The first-order chi connectivity index (χ1) is 8.82. The quantitative estimate of drug-likeness (QED) is 0.780. The molecule has 0 aromatic heterocycles. The second-order valence-corrected chi connectivity index (χ2v) is 8.37. The Morgan fingerprint density at radius 3 is 2.37 bits per heavy atom. The third-order valence-corrected chi connectivity index (χ3v) is 6.19. The van der Waals surface area contributed by atoms with Gasteiger partial charge in [0.05, 0.1) is 22.5 Å². The lowest BCUT2D eigenvalue weighted by Crippen LogP contribution is -2.19. The minimum Gasteiger partial charge on any atom is -0.262 e. The average Bonchev–Trinajstić information content (AvgIpc) is 2.68. The zero-order chi connectivity index (χ0) is 14.1. The molecule has 106 valence electrons. The second kappa shape index (κ2) is 5.22. The monoisotopic (exact) mass is 304 g/mol. The molecule has 1 saturated heterocycles. The van der Waals surface area contributed by atoms with Gasteiger partial charge >= 0.3 is 0 Å². The molecular weight excluding hydrogens is 288 g/mol. The first kappa shape index (κ1) is 14.5. The summed E-state index contributed by atoms with van der Waals surface area (Å²) in [5.74, 6) is -0.235. The Bertz CT molecular complexity index is 644. The first-order valence-corrected chi connectivity index (χ1v) is 9.28. The number of hydrogen-bond acceptors (Lipinski definition) is 5. The summed E-state index contributed by atoms with van der Waals surface area (Å²) in [6.45, 7) is 1.98. The molecule has 1 atom stereocenters. The molecule has 0 unspecified atom stereocenters. The van der Waals surface area contributed by atoms with Crippen LogP contribution in [-0.4, -0.2) is 34.4 Å². The SMILES string of the molecule is CCc1ccc(S(=O)(=O)O[C@@H]2CCS(=O)(=O)C2)cc1. The molecule has 1 aliphatic rings. The highest BCUT2D eigenvalue weighted by molar-refractivity contribution is 7.91. The van der Waals surface area contributed by atoms with Gasteiger partial charge in [-0.2, -0.15) is 8.42 Å². The van der Waals surface area contributed by atoms with Crippen molar-refractivity contribution >= 4 is 20.0 Å². The van der Waals surface area contributed by atoms with Gasteiger partial charge in [-0.05, 0) is 30.5 Å². The molecule has 0 radical (unpaired) electrons. The molecular formula is C12H16O5S2. The van der Waals surface area contributed by atoms with Crippen LogP contribution in [-0.2, 0) is 30.6 Å². The van der Waals surface area contributed by atoms with E-state index >= 15 is 0 Å². The van der Waals surface area contributed by atoms with Gasteiger partial charge in [0.25, 0.3) is 10.1 Å². The predicted octanol–water partition coefficient (Wildman–Crippen LogP) is 1.14. The Kier molecular flexibility index (Phi) is 3.98. The molecule has 5 nitrogen and oxygen atoms in total. The van der Waals surface area contributed by atoms with Crippen molar-refractivity contribution in [2.24, 2.45) is 0 Å². The van der Waals surface area contributed by atoms with Crippen molar-refractivity contribution in [2.75, 3.05) is 11.5 Å². The Morgan fingerprint density at radius 1 is 1.26 bits per heavy atom. The van der Waals surface area contributed by atoms with Gasteiger partial charge in [-0.1, -0.05) is 19.1 Å². The predicted molar refractivity (Wildman–Crippen MR) is 71.1 cm³/mol. The Labute approximate surface area is 113 Å². The Balaban J connectivity index is 2.14. The minimum absolute atomic E-state index is 0.0119. The fourth-order valence-corrected chi connectivity index (χ4v) is 4.74. The summed E-state index contributed by atoms with van der Waals surface area (Å²) in [5, 5.41) is 0. The number of benzene rings is 1. The van der Waals surface area contributed by atoms with Crippen molar-refractivity contribution in [1.82, 2.24) is 0 Å². The second-order valence-electron chi connectivity index (χ2n) is 4.57. The van der Waals surface area contributed by atoms with E-state index in [1.165, 1.54) is 12.1 Å². The van der Waals surface area contributed by atoms with E-state index in [2.05, 4.69) is 0 Å². The maximum Gasteiger partial charge on any atom is 0.297 e. The number of sulfone groups is 1. The van der Waals surface area contributed by atoms with Crippen molar-refractivity contribution < 1.29 is 21.0 Å². The lowest BCUT2D eigenvalue weighted by atomic mass is 10.2. The van der Waals surface area contributed by atoms with Crippen molar-refractivity contribution in [3.05, 3.63) is 29.8 Å². The van der Waals surface area contributed by atoms with E-state index in [1.807, 2.05) is 6.92 Å². The summed E-state index contributed by atoms with van der Waals surface area (Å²) in [6.07, 6.45) is 0.289. The van der Waals surface area contributed by atoms with Crippen LogP contribution in [0, 0.1) is 0 Å². The lowest BCUT2D eigenvalue weighted by molar-refractivity contribution is 0.236. The Hall–Kier alpha value is -0.920. The van der Waals surface area contributed by atoms with Crippen molar-refractivity contribution in [1.29, 1.82) is 0 Å². The smallest absolute Gasteiger partial charge is 0.262 e. The Morgan fingerprint density at radius 2 is 1.89 bits per heavy atom. The molecule has 0 N–H and O–H groups in total. The molecule has 7 heteroatoms. The van der Waals surface area contributed by atoms with E-state index in [9.17, 15) is 16.8 Å². The normalized spacial score (nSPS) is 22.5. The van der Waals surface area contributed by atoms with E-state index in [1.54, 1.807) is 12.1 Å². The highest BCUT2D eigenvalue weighted by Gasteiger charge is 2.32.